The van der Waals surface area contributed by atoms with Crippen LogP contribution in [0.25, 0.3) is 5.57 Å². The number of benzene rings is 2. The third-order valence-electron chi connectivity index (χ3n) is 10.3. The summed E-state index contributed by atoms with van der Waals surface area (Å²) in [6.45, 7) is 15.6. The van der Waals surface area contributed by atoms with Gasteiger partial charge in [0.2, 0.25) is 0 Å². The zero-order valence-corrected chi connectivity index (χ0v) is 28.7. The van der Waals surface area contributed by atoms with Gasteiger partial charge in [0.25, 0.3) is 0 Å². The van der Waals surface area contributed by atoms with Crippen molar-refractivity contribution < 1.29 is 24.4 Å². The molecular weight excluding hydrogens is 598 g/mol. The van der Waals surface area contributed by atoms with Crippen LogP contribution in [0.5, 0.6) is 0 Å². The van der Waals surface area contributed by atoms with Crippen LogP contribution in [0.15, 0.2) is 96.8 Å². The number of unbranched alkanes of at least 4 members (excludes halogenated alkanes) is 1. The number of allylic oxidation sites excluding steroid dienone is 8. The van der Waals surface area contributed by atoms with Gasteiger partial charge in [0, 0.05) is 35.0 Å². The molecule has 0 fully saturated rings. The van der Waals surface area contributed by atoms with E-state index in [1.54, 1.807) is 12.1 Å². The number of hydrogen-bond acceptors (Lipinski definition) is 4. The number of carboxylic acid groups (broad SMARTS) is 2. The topological polar surface area (TPSA) is 105 Å². The monoisotopic (exact) mass is 644 g/mol. The maximum Gasteiger partial charge on any atom is 0.309 e. The van der Waals surface area contributed by atoms with Gasteiger partial charge in [-0.15, -0.1) is 0 Å². The Hall–Kier alpha value is -4.96. The van der Waals surface area contributed by atoms with Crippen molar-refractivity contribution in [1.29, 1.82) is 5.26 Å². The number of nitrogens with zero attached hydrogens (tertiary/aromatic N) is 3. The molecule has 1 unspecified atom stereocenters. The van der Waals surface area contributed by atoms with Crippen molar-refractivity contribution in [2.45, 2.75) is 71.8 Å². The molecule has 3 aliphatic rings. The predicted molar refractivity (Wildman–Crippen MR) is 191 cm³/mol. The maximum atomic E-state index is 11.8. The Morgan fingerprint density at radius 3 is 2.46 bits per heavy atom. The lowest BCUT2D eigenvalue weighted by molar-refractivity contribution is -0.568. The van der Waals surface area contributed by atoms with Crippen LogP contribution in [-0.4, -0.2) is 45.5 Å². The lowest BCUT2D eigenvalue weighted by Crippen LogP contribution is -2.32. The van der Waals surface area contributed by atoms with Crippen molar-refractivity contribution in [2.24, 2.45) is 11.3 Å². The van der Waals surface area contributed by atoms with E-state index in [2.05, 4.69) is 105 Å². The van der Waals surface area contributed by atoms with E-state index in [1.807, 2.05) is 18.2 Å². The zero-order chi connectivity index (χ0) is 34.8. The molecule has 1 aliphatic carbocycles. The molecule has 7 heteroatoms. The van der Waals surface area contributed by atoms with Gasteiger partial charge in [-0.05, 0) is 74.1 Å². The Morgan fingerprint density at radius 2 is 1.77 bits per heavy atom. The highest BCUT2D eigenvalue weighted by Crippen LogP contribution is 2.55. The summed E-state index contributed by atoms with van der Waals surface area (Å²) in [5.41, 5.74) is 8.98. The minimum atomic E-state index is -0.850. The summed E-state index contributed by atoms with van der Waals surface area (Å²) in [4.78, 5) is 25.5. The van der Waals surface area contributed by atoms with Crippen LogP contribution < -0.4 is 4.90 Å². The van der Waals surface area contributed by atoms with Crippen molar-refractivity contribution in [3.8, 4) is 6.07 Å². The number of rotatable bonds is 12. The van der Waals surface area contributed by atoms with Crippen LogP contribution in [0.3, 0.4) is 0 Å². The molecule has 2 aliphatic heterocycles. The van der Waals surface area contributed by atoms with E-state index in [4.69, 9.17) is 0 Å². The third kappa shape index (κ3) is 6.20. The molecule has 248 valence electrons. The number of aliphatic carboxylic acids is 2. The van der Waals surface area contributed by atoms with E-state index >= 15 is 0 Å². The quantitative estimate of drug-likeness (QED) is 0.137. The number of carboxylic acids is 2. The van der Waals surface area contributed by atoms with E-state index < -0.39 is 11.9 Å². The smallest absolute Gasteiger partial charge is 0.309 e. The molecule has 0 aromatic heterocycles. The Morgan fingerprint density at radius 1 is 1.04 bits per heavy atom. The van der Waals surface area contributed by atoms with Crippen molar-refractivity contribution in [3.63, 3.8) is 0 Å². The maximum absolute atomic E-state index is 11.8. The first-order valence-electron chi connectivity index (χ1n) is 16.7. The zero-order valence-electron chi connectivity index (χ0n) is 28.7. The summed E-state index contributed by atoms with van der Waals surface area (Å²) in [5.74, 6) is -1.54. The van der Waals surface area contributed by atoms with Gasteiger partial charge in [-0.2, -0.15) is 5.26 Å². The highest BCUT2D eigenvalue weighted by atomic mass is 16.4. The summed E-state index contributed by atoms with van der Waals surface area (Å²) in [6.07, 6.45) is 14.1. The summed E-state index contributed by atoms with van der Waals surface area (Å²) < 4.78 is 2.32. The molecule has 0 spiro atoms. The molecule has 0 amide bonds. The van der Waals surface area contributed by atoms with Gasteiger partial charge >= 0.3 is 11.9 Å². The number of hydrogen-bond donors (Lipinski definition) is 2. The summed E-state index contributed by atoms with van der Waals surface area (Å²) in [7, 11) is 0. The fraction of sp³-hybridized carbons (Fsp3) is 0.366. The minimum absolute atomic E-state index is 0.00405. The lowest BCUT2D eigenvalue weighted by Gasteiger charge is -2.34. The molecule has 48 heavy (non-hydrogen) atoms. The average molecular weight is 645 g/mol. The second-order valence-electron chi connectivity index (χ2n) is 14.0. The van der Waals surface area contributed by atoms with Crippen molar-refractivity contribution in [3.05, 3.63) is 119 Å². The second kappa shape index (κ2) is 13.6. The van der Waals surface area contributed by atoms with E-state index in [9.17, 15) is 25.1 Å². The SMILES string of the molecule is C=C/C=C\C1=C(C)c2ccccc2C2[C@@H]1C(C)(C)C(/C=C/CC/C=C1\N(CCC(=O)O)c3ccc(C#N)cc3C1(C)C)=[N+]2CCC(=O)O. The van der Waals surface area contributed by atoms with Crippen LogP contribution in [0, 0.1) is 22.7 Å². The van der Waals surface area contributed by atoms with E-state index in [1.165, 1.54) is 22.3 Å². The Bertz CT molecular complexity index is 1850. The molecule has 2 atom stereocenters. The van der Waals surface area contributed by atoms with Gasteiger partial charge in [-0.1, -0.05) is 75.1 Å². The van der Waals surface area contributed by atoms with Crippen LogP contribution in [0.2, 0.25) is 0 Å². The lowest BCUT2D eigenvalue weighted by atomic mass is 9.65. The van der Waals surface area contributed by atoms with Gasteiger partial charge < -0.3 is 15.1 Å². The molecule has 2 aromatic carbocycles. The minimum Gasteiger partial charge on any atom is -0.481 e. The van der Waals surface area contributed by atoms with E-state index in [-0.39, 0.29) is 35.6 Å². The van der Waals surface area contributed by atoms with Gasteiger partial charge in [0.05, 0.1) is 29.4 Å². The molecular formula is C41H46N3O4+. The molecule has 0 radical (unpaired) electrons. The van der Waals surface area contributed by atoms with Crippen LogP contribution in [0.1, 0.15) is 88.6 Å². The van der Waals surface area contributed by atoms with Crippen molar-refractivity contribution >= 4 is 28.9 Å². The highest BCUT2D eigenvalue weighted by molar-refractivity contribution is 5.98. The largest absolute Gasteiger partial charge is 0.481 e. The molecule has 0 bridgehead atoms. The summed E-state index contributed by atoms with van der Waals surface area (Å²) in [6, 6.07) is 16.4. The number of carbonyl (C=O) groups is 2. The second-order valence-corrected chi connectivity index (χ2v) is 14.0. The van der Waals surface area contributed by atoms with Gasteiger partial charge in [-0.25, -0.2) is 4.58 Å². The standard InChI is InChI=1S/C41H45N3O4/c1-7-8-14-30-27(2)29-15-12-13-16-31(29)39-38(30)41(5,6)35(44(39)24-22-37(47)48)18-11-9-10-17-34-40(3,4)32-25-28(26-42)19-20-33(32)43(34)23-21-36(45)46/h7-8,11-20,25,38-39H,1,9-10,21-24H2,2-6H3,(H-,45,46,47,48)/p+1/b14-8-,18-11+,34-17-/t38-,39?/m1/s1. The highest BCUT2D eigenvalue weighted by Gasteiger charge is 2.57. The molecule has 2 heterocycles. The first-order valence-corrected chi connectivity index (χ1v) is 16.7. The average Bonchev–Trinajstić information content (AvgIpc) is 3.40. The number of fused-ring (bicyclic) bond motifs is 4. The van der Waals surface area contributed by atoms with Crippen LogP contribution in [-0.2, 0) is 15.0 Å². The van der Waals surface area contributed by atoms with E-state index in [0.717, 1.165) is 35.5 Å². The number of nitriles is 1. The first-order chi connectivity index (χ1) is 22.8. The molecule has 0 saturated carbocycles. The molecule has 5 rings (SSSR count). The Labute approximate surface area is 284 Å². The van der Waals surface area contributed by atoms with Gasteiger partial charge in [0.15, 0.2) is 18.3 Å². The molecule has 0 saturated heterocycles. The number of anilines is 1. The van der Waals surface area contributed by atoms with Gasteiger partial charge in [-0.3, -0.25) is 9.59 Å². The van der Waals surface area contributed by atoms with E-state index in [0.29, 0.717) is 18.7 Å². The normalized spacial score (nSPS) is 21.5. The predicted octanol–water partition coefficient (Wildman–Crippen LogP) is 8.21. The van der Waals surface area contributed by atoms with Crippen LogP contribution in [0.4, 0.5) is 5.69 Å². The molecule has 2 aromatic rings. The summed E-state index contributed by atoms with van der Waals surface area (Å²) in [5, 5.41) is 28.7. The van der Waals surface area contributed by atoms with Crippen LogP contribution >= 0.6 is 0 Å². The Kier molecular flexibility index (Phi) is 9.77. The first kappa shape index (κ1) is 34.4. The fourth-order valence-electron chi connectivity index (χ4n) is 8.10. The van der Waals surface area contributed by atoms with Gasteiger partial charge in [0.1, 0.15) is 6.42 Å². The fourth-order valence-corrected chi connectivity index (χ4v) is 8.10. The third-order valence-corrected chi connectivity index (χ3v) is 10.3. The van der Waals surface area contributed by atoms with Crippen molar-refractivity contribution in [2.75, 3.05) is 18.0 Å². The Balaban J connectivity index is 1.49. The summed E-state index contributed by atoms with van der Waals surface area (Å²) >= 11 is 0. The molecule has 7 nitrogen and oxygen atoms in total. The van der Waals surface area contributed by atoms with Crippen molar-refractivity contribution in [1.82, 2.24) is 0 Å². The molecule has 2 N–H and O–H groups in total.